The second-order valence-electron chi connectivity index (χ2n) is 4.94. The van der Waals surface area contributed by atoms with Crippen molar-refractivity contribution in [1.82, 2.24) is 5.32 Å². The van der Waals surface area contributed by atoms with Crippen molar-refractivity contribution in [3.05, 3.63) is 23.8 Å². The highest BCUT2D eigenvalue weighted by atomic mass is 16.2. The molecule has 0 saturated carbocycles. The number of hydrogen-bond acceptors (Lipinski definition) is 2. The van der Waals surface area contributed by atoms with E-state index in [2.05, 4.69) is 20.6 Å². The van der Waals surface area contributed by atoms with Gasteiger partial charge in [-0.25, -0.2) is 9.79 Å². The zero-order valence-corrected chi connectivity index (χ0v) is 11.3. The van der Waals surface area contributed by atoms with Gasteiger partial charge in [0.25, 0.3) is 0 Å². The average molecular weight is 275 g/mol. The monoisotopic (exact) mass is 275 g/mol. The first-order valence-electron chi connectivity index (χ1n) is 5.95. The molecule has 0 radical (unpaired) electrons. The summed E-state index contributed by atoms with van der Waals surface area (Å²) < 4.78 is 0. The molecule has 2 amide bonds. The predicted octanol–water partition coefficient (Wildman–Crippen LogP) is 0.276. The summed E-state index contributed by atoms with van der Waals surface area (Å²) in [5.41, 5.74) is 17.8. The van der Waals surface area contributed by atoms with Gasteiger partial charge in [0, 0.05) is 11.3 Å². The third-order valence-corrected chi connectivity index (χ3v) is 2.84. The normalized spacial score (nSPS) is 16.7. The summed E-state index contributed by atoms with van der Waals surface area (Å²) in [6.45, 7) is 3.80. The molecule has 8 nitrogen and oxygen atoms in total. The molecule has 0 atom stereocenters. The van der Waals surface area contributed by atoms with E-state index >= 15 is 0 Å². The van der Waals surface area contributed by atoms with E-state index in [9.17, 15) is 4.79 Å². The first kappa shape index (κ1) is 13.7. The van der Waals surface area contributed by atoms with Gasteiger partial charge in [-0.15, -0.1) is 0 Å². The highest BCUT2D eigenvalue weighted by Gasteiger charge is 2.30. The van der Waals surface area contributed by atoms with Crippen LogP contribution in [0.4, 0.5) is 16.2 Å². The number of rotatable bonds is 1. The molecule has 0 saturated heterocycles. The van der Waals surface area contributed by atoms with Gasteiger partial charge in [0.2, 0.25) is 5.96 Å². The lowest BCUT2D eigenvalue weighted by Gasteiger charge is -2.33. The van der Waals surface area contributed by atoms with Crippen molar-refractivity contribution in [3.63, 3.8) is 0 Å². The van der Waals surface area contributed by atoms with Crippen LogP contribution in [0.1, 0.15) is 19.4 Å². The van der Waals surface area contributed by atoms with Gasteiger partial charge in [0.15, 0.2) is 5.96 Å². The number of hydrogen-bond donors (Lipinski definition) is 5. The number of nitrogens with one attached hydrogen (secondary N) is 2. The lowest BCUT2D eigenvalue weighted by molar-refractivity contribution is 0.239. The van der Waals surface area contributed by atoms with Crippen molar-refractivity contribution in [1.29, 1.82) is 0 Å². The average Bonchev–Trinajstić information content (AvgIpc) is 2.27. The maximum atomic E-state index is 11.5. The Morgan fingerprint density at radius 1 is 1.25 bits per heavy atom. The molecule has 0 fully saturated rings. The van der Waals surface area contributed by atoms with Gasteiger partial charge in [0.05, 0.1) is 11.2 Å². The molecule has 2 rings (SSSR count). The highest BCUT2D eigenvalue weighted by Crippen LogP contribution is 2.34. The number of nitrogens with zero attached hydrogens (tertiary/aromatic N) is 2. The second kappa shape index (κ2) is 4.72. The van der Waals surface area contributed by atoms with Crippen molar-refractivity contribution in [3.8, 4) is 0 Å². The summed E-state index contributed by atoms with van der Waals surface area (Å²) in [7, 11) is 0. The molecule has 0 bridgehead atoms. The van der Waals surface area contributed by atoms with Crippen LogP contribution in [0, 0.1) is 0 Å². The molecule has 1 aromatic rings. The summed E-state index contributed by atoms with van der Waals surface area (Å²) in [4.78, 5) is 19.3. The van der Waals surface area contributed by atoms with Crippen LogP contribution in [0.5, 0.6) is 0 Å². The number of nitrogens with two attached hydrogens (primary N) is 3. The molecule has 106 valence electrons. The second-order valence-corrected chi connectivity index (χ2v) is 4.94. The van der Waals surface area contributed by atoms with Gasteiger partial charge >= 0.3 is 6.03 Å². The van der Waals surface area contributed by atoms with Crippen molar-refractivity contribution in [2.75, 3.05) is 5.32 Å². The Morgan fingerprint density at radius 3 is 2.60 bits per heavy atom. The third kappa shape index (κ3) is 2.79. The minimum absolute atomic E-state index is 0.0319. The molecule has 0 aliphatic carbocycles. The zero-order chi connectivity index (χ0) is 14.9. The van der Waals surface area contributed by atoms with Gasteiger partial charge < -0.3 is 27.8 Å². The Kier molecular flexibility index (Phi) is 3.23. The van der Waals surface area contributed by atoms with E-state index in [0.717, 1.165) is 11.3 Å². The SMILES string of the molecule is CC1(C)NC(=O)Nc2ccc(N=C(N)N=C(N)N)cc21. The maximum Gasteiger partial charge on any atom is 0.319 e. The van der Waals surface area contributed by atoms with Crippen LogP contribution in [0.3, 0.4) is 0 Å². The van der Waals surface area contributed by atoms with E-state index in [0.29, 0.717) is 5.69 Å². The number of aliphatic imine (C=N–C) groups is 2. The standard InChI is InChI=1S/C12H17N7O/c1-12(2)7-5-6(16-10(15)18-9(13)14)3-4-8(7)17-11(20)19-12/h3-5H,1-2H3,(H2,17,19,20)(H6,13,14,15,16,18). The van der Waals surface area contributed by atoms with E-state index in [1.807, 2.05) is 19.9 Å². The Bertz CT molecular complexity index is 614. The van der Waals surface area contributed by atoms with Gasteiger partial charge in [-0.2, -0.15) is 4.99 Å². The fourth-order valence-electron chi connectivity index (χ4n) is 2.02. The van der Waals surface area contributed by atoms with Crippen LogP contribution in [0.15, 0.2) is 28.2 Å². The predicted molar refractivity (Wildman–Crippen MR) is 78.7 cm³/mol. The topological polar surface area (TPSA) is 144 Å². The molecule has 1 aliphatic rings. The van der Waals surface area contributed by atoms with E-state index in [1.165, 1.54) is 0 Å². The molecule has 1 aliphatic heterocycles. The molecule has 8 heteroatoms. The fraction of sp³-hybridized carbons (Fsp3) is 0.250. The van der Waals surface area contributed by atoms with Crippen molar-refractivity contribution in [2.24, 2.45) is 27.2 Å². The number of amides is 2. The molecule has 0 spiro atoms. The minimum atomic E-state index is -0.506. The Balaban J connectivity index is 2.42. The molecular formula is C12H17N7O. The van der Waals surface area contributed by atoms with Crippen molar-refractivity contribution >= 4 is 29.3 Å². The Morgan fingerprint density at radius 2 is 1.95 bits per heavy atom. The first-order chi connectivity index (χ1) is 9.28. The van der Waals surface area contributed by atoms with Crippen molar-refractivity contribution < 1.29 is 4.79 Å². The third-order valence-electron chi connectivity index (χ3n) is 2.84. The largest absolute Gasteiger partial charge is 0.370 e. The van der Waals surface area contributed by atoms with Crippen LogP contribution in [0.25, 0.3) is 0 Å². The number of carbonyl (C=O) groups is 1. The van der Waals surface area contributed by atoms with E-state index in [1.54, 1.807) is 12.1 Å². The van der Waals surface area contributed by atoms with Crippen molar-refractivity contribution in [2.45, 2.75) is 19.4 Å². The highest BCUT2D eigenvalue weighted by molar-refractivity contribution is 5.95. The zero-order valence-electron chi connectivity index (χ0n) is 11.3. The Labute approximate surface area is 116 Å². The summed E-state index contributed by atoms with van der Waals surface area (Å²) in [6, 6.07) is 5.06. The quantitative estimate of drug-likeness (QED) is 0.370. The number of carbonyl (C=O) groups excluding carboxylic acids is 1. The number of urea groups is 1. The molecule has 0 aromatic heterocycles. The van der Waals surface area contributed by atoms with E-state index in [4.69, 9.17) is 17.2 Å². The molecule has 1 heterocycles. The number of anilines is 1. The molecule has 8 N–H and O–H groups in total. The fourth-order valence-corrected chi connectivity index (χ4v) is 2.02. The molecule has 1 aromatic carbocycles. The minimum Gasteiger partial charge on any atom is -0.370 e. The smallest absolute Gasteiger partial charge is 0.319 e. The summed E-state index contributed by atoms with van der Waals surface area (Å²) in [5.74, 6) is -0.186. The lowest BCUT2D eigenvalue weighted by atomic mass is 9.90. The van der Waals surface area contributed by atoms with Crippen LogP contribution < -0.4 is 27.8 Å². The lowest BCUT2D eigenvalue weighted by Crippen LogP contribution is -2.47. The Hall–Kier alpha value is -2.77. The van der Waals surface area contributed by atoms with E-state index < -0.39 is 5.54 Å². The maximum absolute atomic E-state index is 11.5. The number of fused-ring (bicyclic) bond motifs is 1. The first-order valence-corrected chi connectivity index (χ1v) is 5.95. The van der Waals surface area contributed by atoms with Crippen LogP contribution in [0.2, 0.25) is 0 Å². The summed E-state index contributed by atoms with van der Waals surface area (Å²) >= 11 is 0. The summed E-state index contributed by atoms with van der Waals surface area (Å²) in [5, 5.41) is 5.56. The molecular weight excluding hydrogens is 258 g/mol. The van der Waals surface area contributed by atoms with Gasteiger partial charge in [-0.05, 0) is 32.0 Å². The number of guanidine groups is 2. The van der Waals surface area contributed by atoms with Crippen LogP contribution in [-0.4, -0.2) is 18.0 Å². The summed E-state index contributed by atoms with van der Waals surface area (Å²) in [6.07, 6.45) is 0. The molecule has 20 heavy (non-hydrogen) atoms. The van der Waals surface area contributed by atoms with Crippen LogP contribution >= 0.6 is 0 Å². The van der Waals surface area contributed by atoms with Gasteiger partial charge in [0.1, 0.15) is 0 Å². The van der Waals surface area contributed by atoms with E-state index in [-0.39, 0.29) is 18.0 Å². The van der Waals surface area contributed by atoms with Gasteiger partial charge in [-0.1, -0.05) is 0 Å². The molecule has 0 unspecified atom stereocenters. The van der Waals surface area contributed by atoms with Gasteiger partial charge in [-0.3, -0.25) is 0 Å². The van der Waals surface area contributed by atoms with Crippen LogP contribution in [-0.2, 0) is 5.54 Å². The number of benzene rings is 1.